The van der Waals surface area contributed by atoms with Gasteiger partial charge in [-0.25, -0.2) is 4.79 Å². The molecule has 2 aromatic carbocycles. The highest BCUT2D eigenvalue weighted by atomic mass is 32.1. The van der Waals surface area contributed by atoms with Crippen molar-refractivity contribution in [2.45, 2.75) is 31.0 Å². The van der Waals surface area contributed by atoms with Gasteiger partial charge in [0.2, 0.25) is 17.7 Å². The van der Waals surface area contributed by atoms with Crippen molar-refractivity contribution in [2.75, 3.05) is 12.3 Å². The molecule has 0 radical (unpaired) electrons. The van der Waals surface area contributed by atoms with Crippen molar-refractivity contribution >= 4 is 36.3 Å². The summed E-state index contributed by atoms with van der Waals surface area (Å²) in [5.41, 5.74) is 7.56. The largest absolute Gasteiger partial charge is 0.480 e. The predicted octanol–water partition coefficient (Wildman–Crippen LogP) is -0.101. The van der Waals surface area contributed by atoms with Gasteiger partial charge in [-0.1, -0.05) is 60.7 Å². The standard InChI is InChI=1S/C23H28N4O5S/c24-17(11-15-7-3-1-4-8-15)21(29)27-19(14-33)22(30)25-13-20(28)26-18(23(31)32)12-16-9-5-2-6-10-16/h1-10,17-19,33H,11-14,24H2,(H,25,30)(H,26,28)(H,27,29)(H,31,32). The summed E-state index contributed by atoms with van der Waals surface area (Å²) < 4.78 is 0. The number of benzene rings is 2. The van der Waals surface area contributed by atoms with Gasteiger partial charge in [0.05, 0.1) is 12.6 Å². The van der Waals surface area contributed by atoms with Gasteiger partial charge in [-0.05, 0) is 17.5 Å². The Morgan fingerprint density at radius 3 is 1.88 bits per heavy atom. The molecule has 10 heteroatoms. The van der Waals surface area contributed by atoms with Gasteiger partial charge in [-0.3, -0.25) is 14.4 Å². The topological polar surface area (TPSA) is 151 Å². The molecule has 2 rings (SSSR count). The Kier molecular flexibility index (Phi) is 10.4. The van der Waals surface area contributed by atoms with Crippen LogP contribution in [0.3, 0.4) is 0 Å². The van der Waals surface area contributed by atoms with E-state index in [1.807, 2.05) is 30.3 Å². The first-order valence-corrected chi connectivity index (χ1v) is 11.0. The minimum Gasteiger partial charge on any atom is -0.480 e. The number of carbonyl (C=O) groups is 4. The van der Waals surface area contributed by atoms with E-state index in [9.17, 15) is 24.3 Å². The van der Waals surface area contributed by atoms with E-state index in [4.69, 9.17) is 5.73 Å². The summed E-state index contributed by atoms with van der Waals surface area (Å²) in [5.74, 6) is -3.02. The zero-order chi connectivity index (χ0) is 24.2. The number of nitrogens with one attached hydrogen (secondary N) is 3. The van der Waals surface area contributed by atoms with Crippen LogP contribution in [0.15, 0.2) is 60.7 Å². The predicted molar refractivity (Wildman–Crippen MR) is 127 cm³/mol. The SMILES string of the molecule is NC(Cc1ccccc1)C(=O)NC(CS)C(=O)NCC(=O)NC(Cc1ccccc1)C(=O)O. The van der Waals surface area contributed by atoms with Crippen molar-refractivity contribution in [3.63, 3.8) is 0 Å². The van der Waals surface area contributed by atoms with E-state index in [1.54, 1.807) is 30.3 Å². The first kappa shape index (κ1) is 25.9. The van der Waals surface area contributed by atoms with Gasteiger partial charge in [0.25, 0.3) is 0 Å². The third kappa shape index (κ3) is 8.95. The number of carboxylic acids is 1. The molecule has 2 aromatic rings. The first-order chi connectivity index (χ1) is 15.8. The van der Waals surface area contributed by atoms with Gasteiger partial charge in [0.15, 0.2) is 0 Å². The Labute approximate surface area is 197 Å². The van der Waals surface area contributed by atoms with Crippen molar-refractivity contribution in [1.82, 2.24) is 16.0 Å². The molecule has 0 fully saturated rings. The summed E-state index contributed by atoms with van der Waals surface area (Å²) in [6.45, 7) is -0.451. The summed E-state index contributed by atoms with van der Waals surface area (Å²) in [7, 11) is 0. The van der Waals surface area contributed by atoms with Crippen LogP contribution in [0.25, 0.3) is 0 Å². The van der Waals surface area contributed by atoms with E-state index in [1.165, 1.54) is 0 Å². The van der Waals surface area contributed by atoms with Crippen LogP contribution < -0.4 is 21.7 Å². The number of aliphatic carboxylic acids is 1. The molecule has 6 N–H and O–H groups in total. The van der Waals surface area contributed by atoms with Crippen LogP contribution in [0.4, 0.5) is 0 Å². The number of amides is 3. The average Bonchev–Trinajstić information content (AvgIpc) is 2.81. The maximum atomic E-state index is 12.4. The molecule has 0 saturated heterocycles. The molecule has 0 aliphatic carbocycles. The van der Waals surface area contributed by atoms with Crippen LogP contribution in [0, 0.1) is 0 Å². The third-order valence-corrected chi connectivity index (χ3v) is 5.16. The van der Waals surface area contributed by atoms with Gasteiger partial charge < -0.3 is 26.8 Å². The molecular weight excluding hydrogens is 444 g/mol. The van der Waals surface area contributed by atoms with Gasteiger partial charge in [0, 0.05) is 12.2 Å². The van der Waals surface area contributed by atoms with Gasteiger partial charge in [0.1, 0.15) is 12.1 Å². The van der Waals surface area contributed by atoms with Crippen molar-refractivity contribution in [1.29, 1.82) is 0 Å². The lowest BCUT2D eigenvalue weighted by Gasteiger charge is -2.20. The highest BCUT2D eigenvalue weighted by Gasteiger charge is 2.24. The second-order valence-corrected chi connectivity index (χ2v) is 7.77. The Hall–Kier alpha value is -3.37. The van der Waals surface area contributed by atoms with Crippen LogP contribution in [0.5, 0.6) is 0 Å². The number of rotatable bonds is 12. The van der Waals surface area contributed by atoms with Crippen LogP contribution in [0.2, 0.25) is 0 Å². The van der Waals surface area contributed by atoms with E-state index in [0.717, 1.165) is 11.1 Å². The lowest BCUT2D eigenvalue weighted by atomic mass is 10.1. The fourth-order valence-electron chi connectivity index (χ4n) is 3.02. The van der Waals surface area contributed by atoms with Crippen molar-refractivity contribution < 1.29 is 24.3 Å². The Morgan fingerprint density at radius 1 is 0.818 bits per heavy atom. The molecule has 0 heterocycles. The van der Waals surface area contributed by atoms with Crippen LogP contribution in [-0.2, 0) is 32.0 Å². The van der Waals surface area contributed by atoms with Crippen LogP contribution >= 0.6 is 12.6 Å². The molecule has 3 unspecified atom stereocenters. The number of hydrogen-bond donors (Lipinski definition) is 6. The quantitative estimate of drug-likeness (QED) is 0.238. The maximum absolute atomic E-state index is 12.4. The van der Waals surface area contributed by atoms with E-state index < -0.39 is 48.4 Å². The number of carbonyl (C=O) groups excluding carboxylic acids is 3. The molecule has 0 bridgehead atoms. The van der Waals surface area contributed by atoms with Crippen LogP contribution in [-0.4, -0.2) is 59.2 Å². The van der Waals surface area contributed by atoms with Gasteiger partial charge in [-0.2, -0.15) is 12.6 Å². The molecule has 0 aliphatic rings. The number of nitrogens with two attached hydrogens (primary N) is 1. The third-order valence-electron chi connectivity index (χ3n) is 4.79. The summed E-state index contributed by atoms with van der Waals surface area (Å²) in [6.07, 6.45) is 0.401. The normalized spacial score (nSPS) is 13.3. The Balaban J connectivity index is 1.83. The Bertz CT molecular complexity index is 942. The highest BCUT2D eigenvalue weighted by molar-refractivity contribution is 7.80. The fraction of sp³-hybridized carbons (Fsp3) is 0.304. The molecule has 0 aromatic heterocycles. The molecular formula is C23H28N4O5S. The van der Waals surface area contributed by atoms with E-state index in [2.05, 4.69) is 28.6 Å². The summed E-state index contributed by atoms with van der Waals surface area (Å²) in [6, 6.07) is 15.1. The van der Waals surface area contributed by atoms with E-state index in [0.29, 0.717) is 6.42 Å². The lowest BCUT2D eigenvalue weighted by molar-refractivity contribution is -0.141. The zero-order valence-electron chi connectivity index (χ0n) is 17.9. The Morgan fingerprint density at radius 2 is 1.36 bits per heavy atom. The van der Waals surface area contributed by atoms with E-state index >= 15 is 0 Å². The van der Waals surface area contributed by atoms with Crippen molar-refractivity contribution in [3.8, 4) is 0 Å². The summed E-state index contributed by atoms with van der Waals surface area (Å²) in [4.78, 5) is 48.4. The molecule has 0 aliphatic heterocycles. The number of hydrogen-bond acceptors (Lipinski definition) is 6. The van der Waals surface area contributed by atoms with Gasteiger partial charge in [-0.15, -0.1) is 0 Å². The second kappa shape index (κ2) is 13.2. The molecule has 9 nitrogen and oxygen atoms in total. The highest BCUT2D eigenvalue weighted by Crippen LogP contribution is 2.04. The fourth-order valence-corrected chi connectivity index (χ4v) is 3.28. The van der Waals surface area contributed by atoms with Crippen LogP contribution in [0.1, 0.15) is 11.1 Å². The molecule has 33 heavy (non-hydrogen) atoms. The monoisotopic (exact) mass is 472 g/mol. The summed E-state index contributed by atoms with van der Waals surface area (Å²) in [5, 5.41) is 16.7. The lowest BCUT2D eigenvalue weighted by Crippen LogP contribution is -2.54. The first-order valence-electron chi connectivity index (χ1n) is 10.3. The average molecular weight is 473 g/mol. The van der Waals surface area contributed by atoms with Crippen molar-refractivity contribution in [3.05, 3.63) is 71.8 Å². The number of carboxylic acid groups (broad SMARTS) is 1. The molecule has 3 atom stereocenters. The van der Waals surface area contributed by atoms with E-state index in [-0.39, 0.29) is 12.2 Å². The molecule has 0 spiro atoms. The zero-order valence-corrected chi connectivity index (χ0v) is 18.8. The van der Waals surface area contributed by atoms with Crippen molar-refractivity contribution in [2.24, 2.45) is 5.73 Å². The maximum Gasteiger partial charge on any atom is 0.326 e. The van der Waals surface area contributed by atoms with Gasteiger partial charge >= 0.3 is 5.97 Å². The molecule has 3 amide bonds. The number of thiol groups is 1. The summed E-state index contributed by atoms with van der Waals surface area (Å²) >= 11 is 4.09. The second-order valence-electron chi connectivity index (χ2n) is 7.41. The minimum atomic E-state index is -1.19. The minimum absolute atomic E-state index is 0.0109. The molecule has 0 saturated carbocycles. The molecule has 176 valence electrons. The smallest absolute Gasteiger partial charge is 0.326 e.